The van der Waals surface area contributed by atoms with E-state index in [2.05, 4.69) is 13.8 Å². The second kappa shape index (κ2) is 4.15. The van der Waals surface area contributed by atoms with Crippen LogP contribution in [0, 0.1) is 11.3 Å². The molecule has 2 N–H and O–H groups in total. The van der Waals surface area contributed by atoms with E-state index in [1.807, 2.05) is 31.3 Å². The third kappa shape index (κ3) is 2.34. The van der Waals surface area contributed by atoms with Gasteiger partial charge in [0.2, 0.25) is 5.91 Å². The number of rotatable bonds is 3. The average molecular weight is 232 g/mol. The van der Waals surface area contributed by atoms with Gasteiger partial charge in [-0.15, -0.1) is 0 Å². The minimum atomic E-state index is 0.175. The summed E-state index contributed by atoms with van der Waals surface area (Å²) in [6.45, 7) is 4.78. The van der Waals surface area contributed by atoms with Crippen molar-refractivity contribution in [1.82, 2.24) is 0 Å². The van der Waals surface area contributed by atoms with Gasteiger partial charge in [-0.05, 0) is 29.5 Å². The summed E-state index contributed by atoms with van der Waals surface area (Å²) in [5.74, 6) is 0.387. The number of hydrogen-bond donors (Lipinski definition) is 1. The van der Waals surface area contributed by atoms with Crippen molar-refractivity contribution in [3.8, 4) is 0 Å². The van der Waals surface area contributed by atoms with Crippen LogP contribution >= 0.6 is 0 Å². The zero-order valence-corrected chi connectivity index (χ0v) is 10.7. The molecule has 1 aliphatic rings. The Labute approximate surface area is 103 Å². The van der Waals surface area contributed by atoms with Crippen molar-refractivity contribution in [2.75, 3.05) is 11.9 Å². The first-order valence-electron chi connectivity index (χ1n) is 6.02. The van der Waals surface area contributed by atoms with Crippen LogP contribution in [-0.4, -0.2) is 13.0 Å². The molecule has 1 aliphatic carbocycles. The monoisotopic (exact) mass is 232 g/mol. The van der Waals surface area contributed by atoms with E-state index in [4.69, 9.17) is 5.73 Å². The summed E-state index contributed by atoms with van der Waals surface area (Å²) in [6.07, 6.45) is 0.993. The Morgan fingerprint density at radius 3 is 2.71 bits per heavy atom. The molecule has 1 saturated carbocycles. The van der Waals surface area contributed by atoms with Crippen LogP contribution in [0.5, 0.6) is 0 Å². The van der Waals surface area contributed by atoms with E-state index >= 15 is 0 Å². The minimum absolute atomic E-state index is 0.175. The van der Waals surface area contributed by atoms with Gasteiger partial charge in [0.15, 0.2) is 0 Å². The van der Waals surface area contributed by atoms with Crippen LogP contribution in [0.25, 0.3) is 0 Å². The molecule has 1 atom stereocenters. The molecule has 3 heteroatoms. The molecule has 17 heavy (non-hydrogen) atoms. The van der Waals surface area contributed by atoms with E-state index in [0.29, 0.717) is 6.54 Å². The fourth-order valence-electron chi connectivity index (χ4n) is 2.14. The molecule has 0 saturated heterocycles. The Morgan fingerprint density at radius 2 is 2.18 bits per heavy atom. The number of benzene rings is 1. The number of carbonyl (C=O) groups is 1. The molecule has 1 unspecified atom stereocenters. The Bertz CT molecular complexity index is 440. The second-order valence-corrected chi connectivity index (χ2v) is 5.52. The average Bonchev–Trinajstić information content (AvgIpc) is 2.96. The lowest BCUT2D eigenvalue weighted by molar-refractivity contribution is -0.120. The molecule has 3 nitrogen and oxygen atoms in total. The Hall–Kier alpha value is -1.35. The van der Waals surface area contributed by atoms with E-state index in [1.165, 1.54) is 0 Å². The van der Waals surface area contributed by atoms with Crippen molar-refractivity contribution in [3.05, 3.63) is 29.8 Å². The number of nitrogens with zero attached hydrogens (tertiary/aromatic N) is 1. The number of hydrogen-bond acceptors (Lipinski definition) is 2. The lowest BCUT2D eigenvalue weighted by atomic mass is 10.1. The molecule has 1 fully saturated rings. The number of anilines is 1. The molecule has 0 radical (unpaired) electrons. The van der Waals surface area contributed by atoms with Crippen molar-refractivity contribution in [3.63, 3.8) is 0 Å². The normalized spacial score (nSPS) is 21.1. The highest BCUT2D eigenvalue weighted by molar-refractivity contribution is 5.96. The van der Waals surface area contributed by atoms with Crippen LogP contribution < -0.4 is 10.6 Å². The van der Waals surface area contributed by atoms with Gasteiger partial charge >= 0.3 is 0 Å². The van der Waals surface area contributed by atoms with Crippen LogP contribution in [0.1, 0.15) is 25.8 Å². The number of nitrogens with two attached hydrogens (primary N) is 1. The zero-order chi connectivity index (χ0) is 12.6. The van der Waals surface area contributed by atoms with Crippen LogP contribution in [-0.2, 0) is 11.3 Å². The highest BCUT2D eigenvalue weighted by Crippen LogP contribution is 2.52. The highest BCUT2D eigenvalue weighted by Gasteiger charge is 2.51. The molecule has 0 heterocycles. The maximum atomic E-state index is 12.2. The van der Waals surface area contributed by atoms with Crippen molar-refractivity contribution < 1.29 is 4.79 Å². The molecule has 1 aromatic rings. The highest BCUT2D eigenvalue weighted by atomic mass is 16.2. The lowest BCUT2D eigenvalue weighted by Gasteiger charge is -2.19. The molecule has 1 aromatic carbocycles. The quantitative estimate of drug-likeness (QED) is 0.868. The van der Waals surface area contributed by atoms with Crippen LogP contribution in [0.15, 0.2) is 24.3 Å². The van der Waals surface area contributed by atoms with Crippen molar-refractivity contribution in [1.29, 1.82) is 0 Å². The molecular weight excluding hydrogens is 212 g/mol. The SMILES string of the molecule is CN(C(=O)C1CC1(C)C)c1cccc(CN)c1. The van der Waals surface area contributed by atoms with E-state index < -0.39 is 0 Å². The number of amides is 1. The fourth-order valence-corrected chi connectivity index (χ4v) is 2.14. The van der Waals surface area contributed by atoms with Crippen molar-refractivity contribution in [2.45, 2.75) is 26.8 Å². The minimum Gasteiger partial charge on any atom is -0.326 e. The van der Waals surface area contributed by atoms with Gasteiger partial charge in [-0.2, -0.15) is 0 Å². The topological polar surface area (TPSA) is 46.3 Å². The first kappa shape index (κ1) is 12.1. The zero-order valence-electron chi connectivity index (χ0n) is 10.7. The van der Waals surface area contributed by atoms with E-state index in [9.17, 15) is 4.79 Å². The molecule has 0 spiro atoms. The third-order valence-electron chi connectivity index (χ3n) is 3.68. The molecule has 92 valence electrons. The predicted octanol–water partition coefficient (Wildman–Crippen LogP) is 2.15. The fraction of sp³-hybridized carbons (Fsp3) is 0.500. The summed E-state index contributed by atoms with van der Waals surface area (Å²) in [6, 6.07) is 7.85. The van der Waals surface area contributed by atoms with E-state index in [1.54, 1.807) is 4.90 Å². The third-order valence-corrected chi connectivity index (χ3v) is 3.68. The molecule has 1 amide bonds. The van der Waals surface area contributed by atoms with Gasteiger partial charge in [-0.25, -0.2) is 0 Å². The molecule has 0 aliphatic heterocycles. The van der Waals surface area contributed by atoms with Gasteiger partial charge in [0.25, 0.3) is 0 Å². The van der Waals surface area contributed by atoms with Gasteiger partial charge in [0.1, 0.15) is 0 Å². The first-order valence-corrected chi connectivity index (χ1v) is 6.02. The summed E-state index contributed by atoms with van der Waals surface area (Å²) in [4.78, 5) is 14.0. The number of carbonyl (C=O) groups excluding carboxylic acids is 1. The smallest absolute Gasteiger partial charge is 0.230 e. The van der Waals surface area contributed by atoms with Crippen molar-refractivity contribution in [2.24, 2.45) is 17.1 Å². The lowest BCUT2D eigenvalue weighted by Crippen LogP contribution is -2.29. The molecule has 2 rings (SSSR count). The molecular formula is C14H20N2O. The van der Waals surface area contributed by atoms with Crippen molar-refractivity contribution >= 4 is 11.6 Å². The second-order valence-electron chi connectivity index (χ2n) is 5.52. The van der Waals surface area contributed by atoms with Gasteiger partial charge in [0, 0.05) is 25.2 Å². The largest absolute Gasteiger partial charge is 0.326 e. The Balaban J connectivity index is 2.14. The standard InChI is InChI=1S/C14H20N2O/c1-14(2)8-12(14)13(17)16(3)11-6-4-5-10(7-11)9-15/h4-7,12H,8-9,15H2,1-3H3. The summed E-state index contributed by atoms with van der Waals surface area (Å²) in [7, 11) is 1.84. The first-order chi connectivity index (χ1) is 7.95. The maximum Gasteiger partial charge on any atom is 0.230 e. The van der Waals surface area contributed by atoms with Crippen LogP contribution in [0.3, 0.4) is 0 Å². The Morgan fingerprint density at radius 1 is 1.53 bits per heavy atom. The van der Waals surface area contributed by atoms with E-state index in [-0.39, 0.29) is 17.2 Å². The summed E-state index contributed by atoms with van der Waals surface area (Å²) in [5, 5.41) is 0. The molecule has 0 bridgehead atoms. The van der Waals surface area contributed by atoms with Gasteiger partial charge in [-0.3, -0.25) is 4.79 Å². The predicted molar refractivity (Wildman–Crippen MR) is 69.6 cm³/mol. The van der Waals surface area contributed by atoms with Gasteiger partial charge in [0.05, 0.1) is 0 Å². The van der Waals surface area contributed by atoms with E-state index in [0.717, 1.165) is 17.7 Å². The van der Waals surface area contributed by atoms with Gasteiger partial charge in [-0.1, -0.05) is 26.0 Å². The summed E-state index contributed by atoms with van der Waals surface area (Å²) >= 11 is 0. The van der Waals surface area contributed by atoms with Crippen LogP contribution in [0.2, 0.25) is 0 Å². The molecule has 0 aromatic heterocycles. The van der Waals surface area contributed by atoms with Crippen LogP contribution in [0.4, 0.5) is 5.69 Å². The Kier molecular flexibility index (Phi) is 2.96. The summed E-state index contributed by atoms with van der Waals surface area (Å²) < 4.78 is 0. The van der Waals surface area contributed by atoms with Gasteiger partial charge < -0.3 is 10.6 Å². The summed E-state index contributed by atoms with van der Waals surface area (Å²) in [5.41, 5.74) is 7.77. The maximum absolute atomic E-state index is 12.2.